The van der Waals surface area contributed by atoms with Gasteiger partial charge in [0.05, 0.1) is 18.2 Å². The molecule has 0 radical (unpaired) electrons. The minimum absolute atomic E-state index is 0.0480. The van der Waals surface area contributed by atoms with E-state index in [1.807, 2.05) is 0 Å². The Bertz CT molecular complexity index is 479. The summed E-state index contributed by atoms with van der Waals surface area (Å²) in [4.78, 5) is 22.9. The predicted molar refractivity (Wildman–Crippen MR) is 65.3 cm³/mol. The van der Waals surface area contributed by atoms with Crippen molar-refractivity contribution in [2.45, 2.75) is 26.4 Å². The van der Waals surface area contributed by atoms with Crippen LogP contribution in [0, 0.1) is 6.92 Å². The van der Waals surface area contributed by atoms with E-state index >= 15 is 0 Å². The van der Waals surface area contributed by atoms with Crippen molar-refractivity contribution in [3.63, 3.8) is 0 Å². The van der Waals surface area contributed by atoms with Gasteiger partial charge in [-0.25, -0.2) is 4.79 Å². The number of rotatable bonds is 5. The van der Waals surface area contributed by atoms with E-state index in [-0.39, 0.29) is 16.9 Å². The molecule has 0 amide bonds. The molecule has 1 aromatic carbocycles. The molecule has 0 saturated carbocycles. The highest BCUT2D eigenvalue weighted by Gasteiger charge is 2.23. The SMILES string of the molecule is CC[C@@H](O)C(=O)c1c(C)cc(C(=O)O)cc1OC. The van der Waals surface area contributed by atoms with E-state index < -0.39 is 17.9 Å². The Morgan fingerprint density at radius 2 is 2.00 bits per heavy atom. The second-order valence-electron chi connectivity index (χ2n) is 3.96. The number of ether oxygens (including phenoxy) is 1. The average molecular weight is 252 g/mol. The van der Waals surface area contributed by atoms with Crippen LogP contribution in [0.3, 0.4) is 0 Å². The number of carboxylic acids is 1. The molecule has 18 heavy (non-hydrogen) atoms. The molecule has 0 saturated heterocycles. The van der Waals surface area contributed by atoms with Crippen LogP contribution < -0.4 is 4.74 Å². The minimum Gasteiger partial charge on any atom is -0.496 e. The molecule has 0 spiro atoms. The maximum Gasteiger partial charge on any atom is 0.335 e. The zero-order valence-corrected chi connectivity index (χ0v) is 10.6. The van der Waals surface area contributed by atoms with Crippen LogP contribution in [0.1, 0.15) is 39.6 Å². The molecule has 0 bridgehead atoms. The number of aliphatic hydroxyl groups is 1. The van der Waals surface area contributed by atoms with Crippen LogP contribution in [-0.2, 0) is 0 Å². The molecular formula is C13H16O5. The van der Waals surface area contributed by atoms with E-state index in [0.29, 0.717) is 12.0 Å². The number of carbonyl (C=O) groups excluding carboxylic acids is 1. The number of ketones is 1. The lowest BCUT2D eigenvalue weighted by atomic mass is 9.96. The Morgan fingerprint density at radius 3 is 2.44 bits per heavy atom. The first-order valence-corrected chi connectivity index (χ1v) is 5.56. The molecule has 0 unspecified atom stereocenters. The molecule has 0 aliphatic carbocycles. The molecule has 0 fully saturated rings. The van der Waals surface area contributed by atoms with Crippen molar-refractivity contribution in [2.24, 2.45) is 0 Å². The predicted octanol–water partition coefficient (Wildman–Crippen LogP) is 1.66. The number of Topliss-reactive ketones (excluding diaryl/α,β-unsaturated/α-hetero) is 1. The van der Waals surface area contributed by atoms with Crippen LogP contribution in [0.15, 0.2) is 12.1 Å². The minimum atomic E-state index is -1.10. The van der Waals surface area contributed by atoms with Crippen molar-refractivity contribution in [3.05, 3.63) is 28.8 Å². The second-order valence-corrected chi connectivity index (χ2v) is 3.96. The van der Waals surface area contributed by atoms with Gasteiger partial charge in [-0.1, -0.05) is 6.92 Å². The molecule has 5 heteroatoms. The lowest BCUT2D eigenvalue weighted by molar-refractivity contribution is 0.0693. The highest BCUT2D eigenvalue weighted by Crippen LogP contribution is 2.26. The first kappa shape index (κ1) is 14.2. The Hall–Kier alpha value is -1.88. The third-order valence-corrected chi connectivity index (χ3v) is 2.70. The molecule has 1 rings (SSSR count). The van der Waals surface area contributed by atoms with Gasteiger partial charge in [-0.3, -0.25) is 4.79 Å². The summed E-state index contributed by atoms with van der Waals surface area (Å²) in [6.45, 7) is 3.31. The zero-order chi connectivity index (χ0) is 13.9. The van der Waals surface area contributed by atoms with Gasteiger partial charge in [0.2, 0.25) is 0 Å². The summed E-state index contributed by atoms with van der Waals surface area (Å²) in [6.07, 6.45) is -0.810. The monoisotopic (exact) mass is 252 g/mol. The summed E-state index contributed by atoms with van der Waals surface area (Å²) in [7, 11) is 1.36. The van der Waals surface area contributed by atoms with E-state index in [2.05, 4.69) is 0 Å². The van der Waals surface area contributed by atoms with Gasteiger partial charge in [0.15, 0.2) is 5.78 Å². The van der Waals surface area contributed by atoms with Crippen molar-refractivity contribution < 1.29 is 24.5 Å². The van der Waals surface area contributed by atoms with Gasteiger partial charge >= 0.3 is 5.97 Å². The largest absolute Gasteiger partial charge is 0.496 e. The Morgan fingerprint density at radius 1 is 1.39 bits per heavy atom. The number of carboxylic acid groups (broad SMARTS) is 1. The van der Waals surface area contributed by atoms with Crippen LogP contribution in [0.25, 0.3) is 0 Å². The quantitative estimate of drug-likeness (QED) is 0.778. The number of aryl methyl sites for hydroxylation is 1. The molecular weight excluding hydrogens is 236 g/mol. The smallest absolute Gasteiger partial charge is 0.335 e. The third kappa shape index (κ3) is 2.68. The van der Waals surface area contributed by atoms with Gasteiger partial charge in [-0.05, 0) is 31.0 Å². The van der Waals surface area contributed by atoms with Gasteiger partial charge < -0.3 is 14.9 Å². The van der Waals surface area contributed by atoms with Crippen LogP contribution in [0.2, 0.25) is 0 Å². The van der Waals surface area contributed by atoms with E-state index in [1.165, 1.54) is 19.2 Å². The van der Waals surface area contributed by atoms with Crippen molar-refractivity contribution in [1.29, 1.82) is 0 Å². The third-order valence-electron chi connectivity index (χ3n) is 2.70. The summed E-state index contributed by atoms with van der Waals surface area (Å²) in [5, 5.41) is 18.5. The normalized spacial score (nSPS) is 12.0. The van der Waals surface area contributed by atoms with Gasteiger partial charge in [-0.2, -0.15) is 0 Å². The van der Waals surface area contributed by atoms with Crippen LogP contribution in [0.4, 0.5) is 0 Å². The highest BCUT2D eigenvalue weighted by molar-refractivity contribution is 6.04. The number of aromatic carboxylic acids is 1. The fourth-order valence-corrected chi connectivity index (χ4v) is 1.71. The number of carbonyl (C=O) groups is 2. The second kappa shape index (κ2) is 5.64. The molecule has 1 atom stereocenters. The molecule has 0 aliphatic rings. The topological polar surface area (TPSA) is 83.8 Å². The highest BCUT2D eigenvalue weighted by atomic mass is 16.5. The number of hydrogen-bond acceptors (Lipinski definition) is 4. The van der Waals surface area contributed by atoms with Crippen LogP contribution in [-0.4, -0.2) is 35.2 Å². The molecule has 2 N–H and O–H groups in total. The molecule has 98 valence electrons. The first-order chi connectivity index (χ1) is 8.42. The van der Waals surface area contributed by atoms with E-state index in [0.717, 1.165) is 0 Å². The molecule has 5 nitrogen and oxygen atoms in total. The lowest BCUT2D eigenvalue weighted by Crippen LogP contribution is -2.21. The Balaban J connectivity index is 3.36. The maximum absolute atomic E-state index is 12.0. The summed E-state index contributed by atoms with van der Waals surface area (Å²) >= 11 is 0. The van der Waals surface area contributed by atoms with Crippen molar-refractivity contribution in [2.75, 3.05) is 7.11 Å². The first-order valence-electron chi connectivity index (χ1n) is 5.56. The summed E-state index contributed by atoms with van der Waals surface area (Å²) in [5.41, 5.74) is 0.757. The molecule has 0 aromatic heterocycles. The Kier molecular flexibility index (Phi) is 4.44. The van der Waals surface area contributed by atoms with Crippen molar-refractivity contribution in [3.8, 4) is 5.75 Å². The fourth-order valence-electron chi connectivity index (χ4n) is 1.71. The van der Waals surface area contributed by atoms with Gasteiger partial charge in [-0.15, -0.1) is 0 Å². The van der Waals surface area contributed by atoms with Gasteiger partial charge in [0.1, 0.15) is 11.9 Å². The zero-order valence-electron chi connectivity index (χ0n) is 10.6. The van der Waals surface area contributed by atoms with E-state index in [4.69, 9.17) is 9.84 Å². The number of aliphatic hydroxyl groups excluding tert-OH is 1. The van der Waals surface area contributed by atoms with E-state index in [9.17, 15) is 14.7 Å². The maximum atomic E-state index is 12.0. The van der Waals surface area contributed by atoms with Crippen LogP contribution >= 0.6 is 0 Å². The molecule has 0 aliphatic heterocycles. The summed E-state index contributed by atoms with van der Waals surface area (Å²) < 4.78 is 5.04. The average Bonchev–Trinajstić information content (AvgIpc) is 2.35. The summed E-state index contributed by atoms with van der Waals surface area (Å²) in [5.74, 6) is -1.37. The molecule has 0 heterocycles. The van der Waals surface area contributed by atoms with Gasteiger partial charge in [0, 0.05) is 0 Å². The van der Waals surface area contributed by atoms with Crippen molar-refractivity contribution in [1.82, 2.24) is 0 Å². The fraction of sp³-hybridized carbons (Fsp3) is 0.385. The van der Waals surface area contributed by atoms with E-state index in [1.54, 1.807) is 13.8 Å². The Labute approximate surface area is 105 Å². The molecule has 1 aromatic rings. The van der Waals surface area contributed by atoms with Gasteiger partial charge in [0.25, 0.3) is 0 Å². The standard InChI is InChI=1S/C13H16O5/c1-4-9(14)12(15)11-7(2)5-8(13(16)17)6-10(11)18-3/h5-6,9,14H,4H2,1-3H3,(H,16,17)/t9-/m1/s1. The van der Waals surface area contributed by atoms with Crippen LogP contribution in [0.5, 0.6) is 5.75 Å². The number of hydrogen-bond donors (Lipinski definition) is 2. The summed E-state index contributed by atoms with van der Waals surface area (Å²) in [6, 6.07) is 2.67. The number of methoxy groups -OCH3 is 1. The number of benzene rings is 1. The lowest BCUT2D eigenvalue weighted by Gasteiger charge is -2.14. The van der Waals surface area contributed by atoms with Crippen molar-refractivity contribution >= 4 is 11.8 Å².